The third kappa shape index (κ3) is 1.85. The monoisotopic (exact) mass is 281 g/mol. The Morgan fingerprint density at radius 3 is 2.80 bits per heavy atom. The van der Waals surface area contributed by atoms with E-state index in [4.69, 9.17) is 9.84 Å². The van der Waals surface area contributed by atoms with Crippen molar-refractivity contribution in [1.29, 1.82) is 0 Å². The molecule has 1 aliphatic rings. The highest BCUT2D eigenvalue weighted by atomic mass is 16.6. The number of aromatic nitrogens is 3. The summed E-state index contributed by atoms with van der Waals surface area (Å²) in [6.45, 7) is 1.33. The van der Waals surface area contributed by atoms with E-state index in [1.165, 1.54) is 15.2 Å². The number of hydrogen-bond acceptors (Lipinski definition) is 6. The molecule has 0 unspecified atom stereocenters. The molecule has 20 heavy (non-hydrogen) atoms. The number of aliphatic hydroxyl groups excluding tert-OH is 3. The van der Waals surface area contributed by atoms with Gasteiger partial charge in [-0.05, 0) is 13.0 Å². The van der Waals surface area contributed by atoms with Crippen LogP contribution in [0.4, 0.5) is 0 Å². The van der Waals surface area contributed by atoms with Crippen molar-refractivity contribution in [2.45, 2.75) is 31.5 Å². The molecule has 2 aromatic rings. The minimum atomic E-state index is -1.29. The Morgan fingerprint density at radius 1 is 1.40 bits per heavy atom. The Bertz CT molecular complexity index is 694. The number of rotatable bonds is 2. The molecule has 0 amide bonds. The van der Waals surface area contributed by atoms with E-state index >= 15 is 0 Å². The number of imidazole rings is 1. The zero-order valence-corrected chi connectivity index (χ0v) is 10.7. The molecule has 0 spiro atoms. The van der Waals surface area contributed by atoms with Crippen molar-refractivity contribution in [3.05, 3.63) is 34.6 Å². The van der Waals surface area contributed by atoms with Crippen LogP contribution in [-0.2, 0) is 4.74 Å². The second-order valence-corrected chi connectivity index (χ2v) is 4.84. The maximum atomic E-state index is 12.3. The second kappa shape index (κ2) is 4.67. The lowest BCUT2D eigenvalue weighted by molar-refractivity contribution is -0.0550. The van der Waals surface area contributed by atoms with Gasteiger partial charge in [-0.3, -0.25) is 8.97 Å². The molecule has 8 heteroatoms. The van der Waals surface area contributed by atoms with Gasteiger partial charge in [0.15, 0.2) is 6.23 Å². The summed E-state index contributed by atoms with van der Waals surface area (Å²) in [6, 6.07) is 1.61. The van der Waals surface area contributed by atoms with Crippen LogP contribution in [0.3, 0.4) is 0 Å². The molecule has 3 heterocycles. The van der Waals surface area contributed by atoms with E-state index in [1.54, 1.807) is 19.2 Å². The number of fused-ring (bicyclic) bond motifs is 1. The van der Waals surface area contributed by atoms with Gasteiger partial charge in [-0.1, -0.05) is 0 Å². The van der Waals surface area contributed by atoms with Gasteiger partial charge in [0.25, 0.3) is 0 Å². The summed E-state index contributed by atoms with van der Waals surface area (Å²) in [6.07, 6.45) is -1.45. The topological polar surface area (TPSA) is 109 Å². The molecule has 1 saturated heterocycles. The first-order valence-corrected chi connectivity index (χ1v) is 6.22. The first-order valence-electron chi connectivity index (χ1n) is 6.22. The van der Waals surface area contributed by atoms with Crippen LogP contribution >= 0.6 is 0 Å². The Morgan fingerprint density at radius 2 is 2.15 bits per heavy atom. The van der Waals surface area contributed by atoms with Crippen molar-refractivity contribution in [3.8, 4) is 0 Å². The number of aryl methyl sites for hydroxylation is 1. The maximum Gasteiger partial charge on any atom is 0.336 e. The zero-order chi connectivity index (χ0) is 14.4. The first-order chi connectivity index (χ1) is 9.52. The van der Waals surface area contributed by atoms with E-state index in [1.807, 2.05) is 0 Å². The van der Waals surface area contributed by atoms with Crippen LogP contribution in [0.15, 0.2) is 23.3 Å². The summed E-state index contributed by atoms with van der Waals surface area (Å²) >= 11 is 0. The lowest BCUT2D eigenvalue weighted by Gasteiger charge is -2.17. The van der Waals surface area contributed by atoms with Crippen LogP contribution in [0.25, 0.3) is 5.65 Å². The number of ether oxygens (including phenoxy) is 1. The predicted molar refractivity (Wildman–Crippen MR) is 67.2 cm³/mol. The van der Waals surface area contributed by atoms with Crippen molar-refractivity contribution in [2.24, 2.45) is 0 Å². The van der Waals surface area contributed by atoms with E-state index in [0.717, 1.165) is 0 Å². The lowest BCUT2D eigenvalue weighted by Crippen LogP contribution is -2.36. The Hall–Kier alpha value is -1.74. The highest BCUT2D eigenvalue weighted by molar-refractivity contribution is 5.37. The van der Waals surface area contributed by atoms with Crippen molar-refractivity contribution in [2.75, 3.05) is 6.61 Å². The second-order valence-electron chi connectivity index (χ2n) is 4.84. The molecule has 0 aromatic carbocycles. The summed E-state index contributed by atoms with van der Waals surface area (Å²) in [4.78, 5) is 16.5. The van der Waals surface area contributed by atoms with E-state index in [-0.39, 0.29) is 0 Å². The van der Waals surface area contributed by atoms with Gasteiger partial charge >= 0.3 is 5.69 Å². The van der Waals surface area contributed by atoms with Gasteiger partial charge in [-0.25, -0.2) is 9.78 Å². The van der Waals surface area contributed by atoms with E-state index in [9.17, 15) is 15.0 Å². The maximum absolute atomic E-state index is 12.3. The predicted octanol–water partition coefficient (Wildman–Crippen LogP) is -1.58. The standard InChI is InChI=1S/C12H15N3O5/c1-6-4-15-8(13-6)2-3-14(12(15)19)11-10(18)9(17)7(5-16)20-11/h2-4,7,9-11,16-18H,5H2,1H3/t7-,9-,10-,11-/m1/s1. The van der Waals surface area contributed by atoms with Gasteiger partial charge < -0.3 is 20.1 Å². The average molecular weight is 281 g/mol. The molecule has 0 radical (unpaired) electrons. The largest absolute Gasteiger partial charge is 0.394 e. The molecule has 3 N–H and O–H groups in total. The number of nitrogens with zero attached hydrogens (tertiary/aromatic N) is 3. The molecular formula is C12H15N3O5. The van der Waals surface area contributed by atoms with Crippen LogP contribution < -0.4 is 5.69 Å². The summed E-state index contributed by atoms with van der Waals surface area (Å²) in [5, 5.41) is 28.7. The zero-order valence-electron chi connectivity index (χ0n) is 10.7. The minimum absolute atomic E-state index is 0.432. The van der Waals surface area contributed by atoms with Gasteiger partial charge in [-0.2, -0.15) is 0 Å². The first kappa shape index (κ1) is 13.3. The molecule has 3 rings (SSSR count). The summed E-state index contributed by atoms with van der Waals surface area (Å²) in [5.41, 5.74) is 0.759. The molecule has 0 saturated carbocycles. The fourth-order valence-electron chi connectivity index (χ4n) is 2.43. The summed E-state index contributed by atoms with van der Waals surface area (Å²) in [7, 11) is 0. The third-order valence-corrected chi connectivity index (χ3v) is 3.46. The van der Waals surface area contributed by atoms with Gasteiger partial charge in [0.05, 0.1) is 12.3 Å². The molecule has 1 aliphatic heterocycles. The van der Waals surface area contributed by atoms with Gasteiger partial charge in [0.1, 0.15) is 24.0 Å². The Balaban J connectivity index is 2.07. The molecule has 108 valence electrons. The molecule has 4 atom stereocenters. The van der Waals surface area contributed by atoms with Crippen LogP contribution in [0.2, 0.25) is 0 Å². The third-order valence-electron chi connectivity index (χ3n) is 3.46. The van der Waals surface area contributed by atoms with Gasteiger partial charge in [-0.15, -0.1) is 0 Å². The normalized spacial score (nSPS) is 30.2. The smallest absolute Gasteiger partial charge is 0.336 e. The van der Waals surface area contributed by atoms with Crippen LogP contribution in [-0.4, -0.2) is 54.2 Å². The highest BCUT2D eigenvalue weighted by Crippen LogP contribution is 2.28. The molecular weight excluding hydrogens is 266 g/mol. The number of hydrogen-bond donors (Lipinski definition) is 3. The van der Waals surface area contributed by atoms with Crippen LogP contribution in [0.1, 0.15) is 11.9 Å². The van der Waals surface area contributed by atoms with Gasteiger partial charge in [0.2, 0.25) is 0 Å². The molecule has 1 fully saturated rings. The fraction of sp³-hybridized carbons (Fsp3) is 0.500. The van der Waals surface area contributed by atoms with Crippen molar-refractivity contribution < 1.29 is 20.1 Å². The molecule has 0 bridgehead atoms. The molecule has 0 aliphatic carbocycles. The summed E-state index contributed by atoms with van der Waals surface area (Å²) < 4.78 is 7.85. The van der Waals surface area contributed by atoms with Gasteiger partial charge in [0, 0.05) is 12.4 Å². The Kier molecular flexibility index (Phi) is 3.09. The minimum Gasteiger partial charge on any atom is -0.394 e. The fourth-order valence-corrected chi connectivity index (χ4v) is 2.43. The van der Waals surface area contributed by atoms with E-state index in [2.05, 4.69) is 4.98 Å². The van der Waals surface area contributed by atoms with Crippen molar-refractivity contribution in [1.82, 2.24) is 14.0 Å². The van der Waals surface area contributed by atoms with Crippen LogP contribution in [0, 0.1) is 6.92 Å². The molecule has 8 nitrogen and oxygen atoms in total. The molecule has 2 aromatic heterocycles. The van der Waals surface area contributed by atoms with Crippen molar-refractivity contribution >= 4 is 5.65 Å². The lowest BCUT2D eigenvalue weighted by atomic mass is 10.1. The Labute approximate surface area is 113 Å². The van der Waals surface area contributed by atoms with E-state index in [0.29, 0.717) is 11.3 Å². The number of aliphatic hydroxyl groups is 3. The van der Waals surface area contributed by atoms with E-state index < -0.39 is 36.8 Å². The highest BCUT2D eigenvalue weighted by Gasteiger charge is 2.43. The SMILES string of the molecule is Cc1cn2c(=O)n([C@@H]3O[C@H](CO)[C@@H](O)[C@H]3O)ccc2n1. The van der Waals surface area contributed by atoms with Crippen LogP contribution in [0.5, 0.6) is 0 Å². The van der Waals surface area contributed by atoms with Crippen molar-refractivity contribution in [3.63, 3.8) is 0 Å². The summed E-state index contributed by atoms with van der Waals surface area (Å²) in [5.74, 6) is 0. The average Bonchev–Trinajstić information content (AvgIpc) is 2.93. The quantitative estimate of drug-likeness (QED) is 0.612.